The lowest BCUT2D eigenvalue weighted by Gasteiger charge is -2.02. The van der Waals surface area contributed by atoms with E-state index in [1.807, 2.05) is 0 Å². The van der Waals surface area contributed by atoms with E-state index in [4.69, 9.17) is 0 Å². The van der Waals surface area contributed by atoms with Crippen LogP contribution >= 0.6 is 0 Å². The summed E-state index contributed by atoms with van der Waals surface area (Å²) in [6, 6.07) is 0. The molecule has 0 spiro atoms. The van der Waals surface area contributed by atoms with Gasteiger partial charge in [0.25, 0.3) is 11.4 Å². The molecule has 0 unspecified atom stereocenters. The predicted molar refractivity (Wildman–Crippen MR) is 51.7 cm³/mol. The van der Waals surface area contributed by atoms with Crippen LogP contribution in [0.4, 0.5) is 11.4 Å². The summed E-state index contributed by atoms with van der Waals surface area (Å²) in [5.74, 6) is 0. The maximum atomic E-state index is 10.7. The fourth-order valence-electron chi connectivity index (χ4n) is 1.32. The molecule has 0 fully saturated rings. The number of pyridine rings is 1. The largest absolute Gasteiger partial charge is 0.300 e. The molecular formula is C8H9N3O4. The summed E-state index contributed by atoms with van der Waals surface area (Å²) in [5, 5.41) is 21.3. The highest BCUT2D eigenvalue weighted by molar-refractivity contribution is 5.53. The van der Waals surface area contributed by atoms with Crippen LogP contribution in [0.15, 0.2) is 6.20 Å². The zero-order valence-corrected chi connectivity index (χ0v) is 8.26. The Kier molecular flexibility index (Phi) is 2.93. The second-order valence-corrected chi connectivity index (χ2v) is 2.93. The lowest BCUT2D eigenvalue weighted by atomic mass is 10.1. The van der Waals surface area contributed by atoms with Crippen LogP contribution in [0.3, 0.4) is 0 Å². The molecule has 7 heteroatoms. The third-order valence-electron chi connectivity index (χ3n) is 2.07. The fraction of sp³-hybridized carbons (Fsp3) is 0.375. The van der Waals surface area contributed by atoms with Gasteiger partial charge in [-0.05, 0) is 13.3 Å². The molecule has 15 heavy (non-hydrogen) atoms. The Labute approximate surface area is 85.1 Å². The molecule has 0 saturated heterocycles. The Balaban J connectivity index is 3.49. The Morgan fingerprint density at radius 3 is 2.33 bits per heavy atom. The molecule has 0 aromatic carbocycles. The van der Waals surface area contributed by atoms with Crippen molar-refractivity contribution in [1.29, 1.82) is 0 Å². The first-order valence-electron chi connectivity index (χ1n) is 4.26. The molecule has 1 heterocycles. The molecule has 0 aliphatic heterocycles. The van der Waals surface area contributed by atoms with Crippen LogP contribution in [0.25, 0.3) is 0 Å². The summed E-state index contributed by atoms with van der Waals surface area (Å²) in [6.07, 6.45) is 1.43. The third-order valence-corrected chi connectivity index (χ3v) is 2.07. The van der Waals surface area contributed by atoms with Gasteiger partial charge in [-0.3, -0.25) is 20.2 Å². The summed E-state index contributed by atoms with van der Waals surface area (Å²) in [4.78, 5) is 23.7. The molecule has 0 atom stereocenters. The van der Waals surface area contributed by atoms with E-state index in [1.54, 1.807) is 6.92 Å². The normalized spacial score (nSPS) is 10.0. The van der Waals surface area contributed by atoms with Crippen molar-refractivity contribution in [3.05, 3.63) is 37.7 Å². The number of aryl methyl sites for hydroxylation is 1. The molecule has 0 bridgehead atoms. The Bertz CT molecular complexity index is 430. The third kappa shape index (κ3) is 1.90. The number of rotatable bonds is 3. The quantitative estimate of drug-likeness (QED) is 0.560. The van der Waals surface area contributed by atoms with Crippen LogP contribution in [0.5, 0.6) is 0 Å². The summed E-state index contributed by atoms with van der Waals surface area (Å²) in [5.41, 5.74) is -0.259. The van der Waals surface area contributed by atoms with Crippen molar-refractivity contribution in [2.75, 3.05) is 0 Å². The van der Waals surface area contributed by atoms with Gasteiger partial charge < -0.3 is 0 Å². The van der Waals surface area contributed by atoms with Gasteiger partial charge in [0.05, 0.1) is 9.85 Å². The van der Waals surface area contributed by atoms with Crippen LogP contribution in [0.1, 0.15) is 18.2 Å². The SMILES string of the molecule is CCc1ncc([N+](=O)[O-])c(C)c1[N+](=O)[O-]. The second-order valence-electron chi connectivity index (χ2n) is 2.93. The van der Waals surface area contributed by atoms with E-state index in [0.29, 0.717) is 6.42 Å². The van der Waals surface area contributed by atoms with E-state index in [-0.39, 0.29) is 22.6 Å². The van der Waals surface area contributed by atoms with Crippen molar-refractivity contribution >= 4 is 11.4 Å². The van der Waals surface area contributed by atoms with Gasteiger partial charge in [0.1, 0.15) is 17.5 Å². The van der Waals surface area contributed by atoms with Crippen LogP contribution in [-0.4, -0.2) is 14.8 Å². The molecule has 0 saturated carbocycles. The summed E-state index contributed by atoms with van der Waals surface area (Å²) in [7, 11) is 0. The lowest BCUT2D eigenvalue weighted by Crippen LogP contribution is -2.03. The summed E-state index contributed by atoms with van der Waals surface area (Å²) in [6.45, 7) is 3.07. The van der Waals surface area contributed by atoms with E-state index in [9.17, 15) is 20.2 Å². The first-order chi connectivity index (χ1) is 6.99. The molecule has 80 valence electrons. The number of nitrogens with zero attached hydrogens (tertiary/aromatic N) is 3. The topological polar surface area (TPSA) is 99.2 Å². The van der Waals surface area contributed by atoms with Gasteiger partial charge in [-0.1, -0.05) is 6.92 Å². The Morgan fingerprint density at radius 1 is 1.33 bits per heavy atom. The highest BCUT2D eigenvalue weighted by Gasteiger charge is 2.25. The molecule has 0 radical (unpaired) electrons. The highest BCUT2D eigenvalue weighted by Crippen LogP contribution is 2.29. The number of nitro groups is 2. The maximum absolute atomic E-state index is 10.7. The molecule has 0 aliphatic carbocycles. The number of hydrogen-bond donors (Lipinski definition) is 0. The Morgan fingerprint density at radius 2 is 1.93 bits per heavy atom. The van der Waals surface area contributed by atoms with E-state index in [0.717, 1.165) is 6.20 Å². The van der Waals surface area contributed by atoms with Crippen molar-refractivity contribution in [2.45, 2.75) is 20.3 Å². The minimum absolute atomic E-state index is 0.0526. The van der Waals surface area contributed by atoms with Gasteiger partial charge >= 0.3 is 0 Å². The molecule has 1 aromatic heterocycles. The van der Waals surface area contributed by atoms with E-state index in [2.05, 4.69) is 4.98 Å². The number of aromatic nitrogens is 1. The van der Waals surface area contributed by atoms with E-state index < -0.39 is 9.85 Å². The average Bonchev–Trinajstić information content (AvgIpc) is 2.15. The molecule has 1 rings (SSSR count). The van der Waals surface area contributed by atoms with E-state index in [1.165, 1.54) is 6.92 Å². The van der Waals surface area contributed by atoms with Crippen molar-refractivity contribution in [3.8, 4) is 0 Å². The smallest absolute Gasteiger partial charge is 0.258 e. The zero-order valence-electron chi connectivity index (χ0n) is 8.26. The fourth-order valence-corrected chi connectivity index (χ4v) is 1.32. The predicted octanol–water partition coefficient (Wildman–Crippen LogP) is 1.77. The Hall–Kier alpha value is -2.05. The standard InChI is InChI=1S/C8H9N3O4/c1-3-6-8(11(14)15)5(2)7(4-9-6)10(12)13/h4H,3H2,1-2H3. The van der Waals surface area contributed by atoms with Gasteiger partial charge in [-0.2, -0.15) is 0 Å². The summed E-state index contributed by atoms with van der Waals surface area (Å²) < 4.78 is 0. The van der Waals surface area contributed by atoms with Crippen molar-refractivity contribution in [1.82, 2.24) is 4.98 Å². The van der Waals surface area contributed by atoms with Gasteiger partial charge in [0, 0.05) is 0 Å². The van der Waals surface area contributed by atoms with Gasteiger partial charge in [-0.25, -0.2) is 4.98 Å². The number of hydrogen-bond acceptors (Lipinski definition) is 5. The zero-order chi connectivity index (χ0) is 11.6. The highest BCUT2D eigenvalue weighted by atomic mass is 16.6. The molecule has 0 N–H and O–H groups in total. The average molecular weight is 211 g/mol. The van der Waals surface area contributed by atoms with Crippen LogP contribution in [-0.2, 0) is 6.42 Å². The molecule has 0 amide bonds. The van der Waals surface area contributed by atoms with Crippen molar-refractivity contribution in [3.63, 3.8) is 0 Å². The molecule has 0 aliphatic rings. The molecule has 7 nitrogen and oxygen atoms in total. The minimum Gasteiger partial charge on any atom is -0.258 e. The first kappa shape index (κ1) is 11.0. The van der Waals surface area contributed by atoms with E-state index >= 15 is 0 Å². The van der Waals surface area contributed by atoms with Gasteiger partial charge in [0.15, 0.2) is 0 Å². The monoisotopic (exact) mass is 211 g/mol. The van der Waals surface area contributed by atoms with Crippen molar-refractivity contribution in [2.24, 2.45) is 0 Å². The maximum Gasteiger partial charge on any atom is 0.300 e. The summed E-state index contributed by atoms with van der Waals surface area (Å²) >= 11 is 0. The van der Waals surface area contributed by atoms with Gasteiger partial charge in [0.2, 0.25) is 0 Å². The van der Waals surface area contributed by atoms with Crippen molar-refractivity contribution < 1.29 is 9.85 Å². The van der Waals surface area contributed by atoms with Crippen LogP contribution in [0, 0.1) is 27.2 Å². The van der Waals surface area contributed by atoms with Crippen LogP contribution < -0.4 is 0 Å². The molecular weight excluding hydrogens is 202 g/mol. The first-order valence-corrected chi connectivity index (χ1v) is 4.26. The van der Waals surface area contributed by atoms with Gasteiger partial charge in [-0.15, -0.1) is 0 Å². The van der Waals surface area contributed by atoms with Crippen LogP contribution in [0.2, 0.25) is 0 Å². The second kappa shape index (κ2) is 3.99. The minimum atomic E-state index is -0.672. The molecule has 1 aromatic rings. The lowest BCUT2D eigenvalue weighted by molar-refractivity contribution is -0.396.